The average molecular weight is 336 g/mol. The minimum atomic E-state index is -3.64. The number of likely N-dealkylation sites (tertiary alicyclic amines) is 1. The average Bonchev–Trinajstić information content (AvgIpc) is 2.86. The SMILES string of the molecule is Cl.NCC1CCN(CCOc2ccc(S(N)(=O)=O)cc2)C1. The zero-order chi connectivity index (χ0) is 14.6. The highest BCUT2D eigenvalue weighted by Gasteiger charge is 2.20. The Balaban J connectivity index is 0.00000220. The Bertz CT molecular complexity index is 536. The summed E-state index contributed by atoms with van der Waals surface area (Å²) in [6, 6.07) is 6.13. The number of ether oxygens (including phenoxy) is 1. The molecule has 1 unspecified atom stereocenters. The predicted molar refractivity (Wildman–Crippen MR) is 84.2 cm³/mol. The van der Waals surface area contributed by atoms with Crippen LogP contribution in [0.5, 0.6) is 5.75 Å². The molecule has 1 aromatic carbocycles. The van der Waals surface area contributed by atoms with Crippen LogP contribution in [0.2, 0.25) is 0 Å². The number of benzene rings is 1. The van der Waals surface area contributed by atoms with Crippen molar-refractivity contribution in [3.05, 3.63) is 24.3 Å². The van der Waals surface area contributed by atoms with Gasteiger partial charge in [0.1, 0.15) is 12.4 Å². The Labute approximate surface area is 131 Å². The molecule has 120 valence electrons. The molecule has 8 heteroatoms. The van der Waals surface area contributed by atoms with Crippen molar-refractivity contribution in [1.82, 2.24) is 4.90 Å². The quantitative estimate of drug-likeness (QED) is 0.784. The Morgan fingerprint density at radius 1 is 1.29 bits per heavy atom. The number of hydrogen-bond acceptors (Lipinski definition) is 5. The van der Waals surface area contributed by atoms with Crippen LogP contribution in [-0.2, 0) is 10.0 Å². The van der Waals surface area contributed by atoms with Crippen molar-refractivity contribution in [1.29, 1.82) is 0 Å². The third-order valence-electron chi connectivity index (χ3n) is 3.53. The van der Waals surface area contributed by atoms with Crippen molar-refractivity contribution in [3.8, 4) is 5.75 Å². The third kappa shape index (κ3) is 5.44. The van der Waals surface area contributed by atoms with E-state index in [1.165, 1.54) is 12.1 Å². The van der Waals surface area contributed by atoms with Gasteiger partial charge in [-0.2, -0.15) is 0 Å². The van der Waals surface area contributed by atoms with Crippen LogP contribution in [0.15, 0.2) is 29.2 Å². The second-order valence-corrected chi connectivity index (χ2v) is 6.62. The van der Waals surface area contributed by atoms with E-state index >= 15 is 0 Å². The molecule has 1 aliphatic rings. The summed E-state index contributed by atoms with van der Waals surface area (Å²) in [6.45, 7) is 4.27. The molecule has 1 heterocycles. The van der Waals surface area contributed by atoms with Gasteiger partial charge in [0.25, 0.3) is 0 Å². The summed E-state index contributed by atoms with van der Waals surface area (Å²) < 4.78 is 27.8. The zero-order valence-electron chi connectivity index (χ0n) is 11.8. The minimum absolute atomic E-state index is 0. The Morgan fingerprint density at radius 3 is 2.48 bits per heavy atom. The van der Waals surface area contributed by atoms with Crippen LogP contribution in [0, 0.1) is 5.92 Å². The first-order chi connectivity index (χ1) is 9.49. The molecular formula is C13H22ClN3O3S. The summed E-state index contributed by atoms with van der Waals surface area (Å²) in [6.07, 6.45) is 1.15. The van der Waals surface area contributed by atoms with E-state index in [9.17, 15) is 8.42 Å². The molecule has 0 spiro atoms. The Kier molecular flexibility index (Phi) is 6.89. The molecule has 21 heavy (non-hydrogen) atoms. The molecular weight excluding hydrogens is 314 g/mol. The summed E-state index contributed by atoms with van der Waals surface area (Å²) in [7, 11) is -3.64. The molecule has 6 nitrogen and oxygen atoms in total. The molecule has 0 amide bonds. The van der Waals surface area contributed by atoms with Crippen LogP contribution in [0.25, 0.3) is 0 Å². The number of nitrogens with two attached hydrogens (primary N) is 2. The van der Waals surface area contributed by atoms with E-state index in [4.69, 9.17) is 15.6 Å². The van der Waals surface area contributed by atoms with Gasteiger partial charge in [0.2, 0.25) is 10.0 Å². The maximum absolute atomic E-state index is 11.1. The molecule has 1 atom stereocenters. The van der Waals surface area contributed by atoms with Crippen molar-refractivity contribution in [2.45, 2.75) is 11.3 Å². The van der Waals surface area contributed by atoms with E-state index in [0.29, 0.717) is 18.3 Å². The third-order valence-corrected chi connectivity index (χ3v) is 4.46. The standard InChI is InChI=1S/C13H21N3O3S.ClH/c14-9-11-5-6-16(10-11)7-8-19-12-1-3-13(4-2-12)20(15,17)18;/h1-4,11H,5-10,14H2,(H2,15,17,18);1H. The number of hydrogen-bond donors (Lipinski definition) is 2. The molecule has 1 aliphatic heterocycles. The number of rotatable bonds is 6. The number of halogens is 1. The van der Waals surface area contributed by atoms with Gasteiger partial charge in [-0.1, -0.05) is 0 Å². The van der Waals surface area contributed by atoms with E-state index < -0.39 is 10.0 Å². The van der Waals surface area contributed by atoms with Crippen molar-refractivity contribution in [2.75, 3.05) is 32.8 Å². The number of nitrogens with zero attached hydrogens (tertiary/aromatic N) is 1. The number of sulfonamides is 1. The summed E-state index contributed by atoms with van der Waals surface area (Å²) >= 11 is 0. The number of primary sulfonamides is 1. The lowest BCUT2D eigenvalue weighted by molar-refractivity contribution is 0.233. The molecule has 0 saturated carbocycles. The molecule has 1 saturated heterocycles. The fourth-order valence-electron chi connectivity index (χ4n) is 2.33. The minimum Gasteiger partial charge on any atom is -0.492 e. The molecule has 1 aromatic rings. The van der Waals surface area contributed by atoms with Crippen LogP contribution in [0.1, 0.15) is 6.42 Å². The molecule has 0 aliphatic carbocycles. The smallest absolute Gasteiger partial charge is 0.238 e. The zero-order valence-corrected chi connectivity index (χ0v) is 13.4. The highest BCUT2D eigenvalue weighted by atomic mass is 35.5. The highest BCUT2D eigenvalue weighted by molar-refractivity contribution is 7.89. The summed E-state index contributed by atoms with van der Waals surface area (Å²) in [5, 5.41) is 5.03. The maximum atomic E-state index is 11.1. The van der Waals surface area contributed by atoms with E-state index in [2.05, 4.69) is 4.90 Å². The topological polar surface area (TPSA) is 98.6 Å². The first-order valence-electron chi connectivity index (χ1n) is 6.67. The Morgan fingerprint density at radius 2 is 1.95 bits per heavy atom. The summed E-state index contributed by atoms with van der Waals surface area (Å²) in [4.78, 5) is 2.42. The van der Waals surface area contributed by atoms with Gasteiger partial charge in [-0.15, -0.1) is 12.4 Å². The van der Waals surface area contributed by atoms with Crippen LogP contribution in [0.4, 0.5) is 0 Å². The van der Waals surface area contributed by atoms with Gasteiger partial charge in [0, 0.05) is 13.1 Å². The monoisotopic (exact) mass is 335 g/mol. The van der Waals surface area contributed by atoms with Gasteiger partial charge >= 0.3 is 0 Å². The predicted octanol–water partition coefficient (Wildman–Crippen LogP) is 0.415. The largest absolute Gasteiger partial charge is 0.492 e. The Hall–Kier alpha value is -0.860. The van der Waals surface area contributed by atoms with Gasteiger partial charge in [-0.25, -0.2) is 13.6 Å². The molecule has 0 aromatic heterocycles. The molecule has 0 radical (unpaired) electrons. The molecule has 0 bridgehead atoms. The fourth-order valence-corrected chi connectivity index (χ4v) is 2.84. The van der Waals surface area contributed by atoms with Gasteiger partial charge in [-0.3, -0.25) is 4.90 Å². The van der Waals surface area contributed by atoms with Crippen molar-refractivity contribution in [3.63, 3.8) is 0 Å². The summed E-state index contributed by atoms with van der Waals surface area (Å²) in [5.41, 5.74) is 5.65. The second kappa shape index (κ2) is 7.95. The van der Waals surface area contributed by atoms with Gasteiger partial charge < -0.3 is 10.5 Å². The van der Waals surface area contributed by atoms with E-state index in [1.807, 2.05) is 0 Å². The van der Waals surface area contributed by atoms with Gasteiger partial charge in [0.15, 0.2) is 0 Å². The second-order valence-electron chi connectivity index (χ2n) is 5.06. The molecule has 2 rings (SSSR count). The van der Waals surface area contributed by atoms with E-state index in [1.54, 1.807) is 12.1 Å². The first-order valence-corrected chi connectivity index (χ1v) is 8.22. The lowest BCUT2D eigenvalue weighted by Gasteiger charge is -2.16. The van der Waals surface area contributed by atoms with Gasteiger partial charge in [0.05, 0.1) is 4.90 Å². The van der Waals surface area contributed by atoms with Crippen LogP contribution >= 0.6 is 12.4 Å². The van der Waals surface area contributed by atoms with Crippen LogP contribution in [0.3, 0.4) is 0 Å². The molecule has 4 N–H and O–H groups in total. The molecule has 1 fully saturated rings. The summed E-state index contributed by atoms with van der Waals surface area (Å²) in [5.74, 6) is 1.25. The van der Waals surface area contributed by atoms with Crippen molar-refractivity contribution < 1.29 is 13.2 Å². The normalized spacial score (nSPS) is 19.2. The highest BCUT2D eigenvalue weighted by Crippen LogP contribution is 2.16. The van der Waals surface area contributed by atoms with Crippen molar-refractivity contribution >= 4 is 22.4 Å². The lowest BCUT2D eigenvalue weighted by atomic mass is 10.1. The van der Waals surface area contributed by atoms with Gasteiger partial charge in [-0.05, 0) is 49.7 Å². The fraction of sp³-hybridized carbons (Fsp3) is 0.538. The first kappa shape index (κ1) is 18.2. The van der Waals surface area contributed by atoms with Crippen LogP contribution in [-0.4, -0.2) is 46.1 Å². The van der Waals surface area contributed by atoms with Crippen LogP contribution < -0.4 is 15.6 Å². The lowest BCUT2D eigenvalue weighted by Crippen LogP contribution is -2.27. The maximum Gasteiger partial charge on any atom is 0.238 e. The van der Waals surface area contributed by atoms with Crippen molar-refractivity contribution in [2.24, 2.45) is 16.8 Å². The van der Waals surface area contributed by atoms with E-state index in [-0.39, 0.29) is 17.3 Å². The van der Waals surface area contributed by atoms with E-state index in [0.717, 1.165) is 32.6 Å².